The van der Waals surface area contributed by atoms with E-state index in [2.05, 4.69) is 37.2 Å². The third-order valence-corrected chi connectivity index (χ3v) is 4.13. The molecule has 0 saturated carbocycles. The van der Waals surface area contributed by atoms with Crippen molar-refractivity contribution in [2.24, 2.45) is 0 Å². The summed E-state index contributed by atoms with van der Waals surface area (Å²) in [5.41, 5.74) is 2.29. The van der Waals surface area contributed by atoms with Crippen LogP contribution >= 0.6 is 31.9 Å². The van der Waals surface area contributed by atoms with Gasteiger partial charge in [-0.2, -0.15) is 0 Å². The van der Waals surface area contributed by atoms with Crippen LogP contribution in [0.15, 0.2) is 39.3 Å². The Morgan fingerprint density at radius 3 is 2.50 bits per heavy atom. The van der Waals surface area contributed by atoms with Crippen LogP contribution in [0.3, 0.4) is 0 Å². The summed E-state index contributed by atoms with van der Waals surface area (Å²) >= 11 is 6.47. The number of hydrogen-bond acceptors (Lipinski definition) is 1. The van der Waals surface area contributed by atoms with Crippen molar-refractivity contribution in [2.75, 3.05) is 5.32 Å². The molecule has 2 nitrogen and oxygen atoms in total. The van der Waals surface area contributed by atoms with Gasteiger partial charge in [0.25, 0.3) is 5.91 Å². The van der Waals surface area contributed by atoms with Gasteiger partial charge < -0.3 is 5.32 Å². The minimum absolute atomic E-state index is 0.250. The number of anilines is 1. The molecule has 0 bridgehead atoms. The first-order valence-electron chi connectivity index (χ1n) is 5.92. The molecule has 0 saturated heterocycles. The van der Waals surface area contributed by atoms with Crippen molar-refractivity contribution in [3.8, 4) is 0 Å². The highest BCUT2D eigenvalue weighted by atomic mass is 79.9. The van der Waals surface area contributed by atoms with E-state index in [4.69, 9.17) is 0 Å². The summed E-state index contributed by atoms with van der Waals surface area (Å²) in [6.07, 6.45) is 0. The molecule has 104 valence electrons. The van der Waals surface area contributed by atoms with Crippen molar-refractivity contribution in [1.82, 2.24) is 0 Å². The normalized spacial score (nSPS) is 10.4. The molecule has 0 radical (unpaired) electrons. The lowest BCUT2D eigenvalue weighted by atomic mass is 10.1. The molecule has 0 aliphatic carbocycles. The highest BCUT2D eigenvalue weighted by Gasteiger charge is 2.13. The van der Waals surface area contributed by atoms with E-state index in [1.54, 1.807) is 31.2 Å². The van der Waals surface area contributed by atoms with Gasteiger partial charge in [0.1, 0.15) is 5.82 Å². The van der Waals surface area contributed by atoms with Crippen molar-refractivity contribution >= 4 is 43.5 Å². The molecule has 0 aliphatic heterocycles. The Kier molecular flexibility index (Phi) is 4.60. The first kappa shape index (κ1) is 15.2. The number of rotatable bonds is 2. The number of nitrogens with one attached hydrogen (secondary N) is 1. The fraction of sp³-hybridized carbons (Fsp3) is 0.133. The number of hydrogen-bond donors (Lipinski definition) is 1. The maximum atomic E-state index is 13.8. The standard InChI is InChI=1S/C15H12Br2FNO/c1-8-7-10(16)3-4-11(8)15(20)19-13-6-5-12(17)14(18)9(13)2/h3-7H,1-2H3,(H,19,20). The second-order valence-corrected chi connectivity index (χ2v) is 6.22. The Hall–Kier alpha value is -1.20. The number of halogens is 3. The zero-order valence-electron chi connectivity index (χ0n) is 10.9. The van der Waals surface area contributed by atoms with Crippen LogP contribution in [0.4, 0.5) is 10.1 Å². The van der Waals surface area contributed by atoms with E-state index >= 15 is 0 Å². The van der Waals surface area contributed by atoms with Crippen molar-refractivity contribution < 1.29 is 9.18 Å². The molecule has 2 aromatic rings. The van der Waals surface area contributed by atoms with Crippen LogP contribution in [0.25, 0.3) is 0 Å². The first-order valence-corrected chi connectivity index (χ1v) is 7.51. The Balaban J connectivity index is 2.30. The highest BCUT2D eigenvalue weighted by molar-refractivity contribution is 9.10. The van der Waals surface area contributed by atoms with E-state index in [1.807, 2.05) is 13.0 Å². The number of benzene rings is 2. The Bertz CT molecular complexity index is 686. The molecule has 2 rings (SSSR count). The van der Waals surface area contributed by atoms with Gasteiger partial charge in [0, 0.05) is 21.3 Å². The van der Waals surface area contributed by atoms with Crippen LogP contribution in [-0.4, -0.2) is 5.91 Å². The average Bonchev–Trinajstić information content (AvgIpc) is 2.39. The van der Waals surface area contributed by atoms with Gasteiger partial charge in [-0.1, -0.05) is 15.9 Å². The third-order valence-electron chi connectivity index (χ3n) is 3.02. The van der Waals surface area contributed by atoms with Crippen molar-refractivity contribution in [3.05, 3.63) is 61.8 Å². The molecule has 0 aliphatic rings. The van der Waals surface area contributed by atoms with E-state index in [9.17, 15) is 9.18 Å². The van der Waals surface area contributed by atoms with E-state index in [0.29, 0.717) is 21.3 Å². The molecule has 1 N–H and O–H groups in total. The SMILES string of the molecule is Cc1cc(Br)ccc1C(=O)Nc1ccc(Br)c(F)c1C. The minimum Gasteiger partial charge on any atom is -0.322 e. The average molecular weight is 401 g/mol. The molecule has 0 atom stereocenters. The predicted octanol–water partition coefficient (Wildman–Crippen LogP) is 5.22. The molecular formula is C15H12Br2FNO. The number of carbonyl (C=O) groups excluding carboxylic acids is 1. The van der Waals surface area contributed by atoms with Crippen LogP contribution in [0.2, 0.25) is 0 Å². The van der Waals surface area contributed by atoms with Gasteiger partial charge in [-0.3, -0.25) is 4.79 Å². The van der Waals surface area contributed by atoms with Crippen molar-refractivity contribution in [1.29, 1.82) is 0 Å². The molecule has 0 spiro atoms. The zero-order chi connectivity index (χ0) is 14.9. The Labute approximate surface area is 133 Å². The number of carbonyl (C=O) groups is 1. The molecule has 0 heterocycles. The molecular weight excluding hydrogens is 389 g/mol. The van der Waals surface area contributed by atoms with Gasteiger partial charge in [0.15, 0.2) is 0 Å². The second kappa shape index (κ2) is 6.06. The summed E-state index contributed by atoms with van der Waals surface area (Å²) in [4.78, 5) is 12.2. The van der Waals surface area contributed by atoms with Gasteiger partial charge in [-0.15, -0.1) is 0 Å². The monoisotopic (exact) mass is 399 g/mol. The van der Waals surface area contributed by atoms with E-state index in [-0.39, 0.29) is 11.7 Å². The lowest BCUT2D eigenvalue weighted by Crippen LogP contribution is -2.14. The summed E-state index contributed by atoms with van der Waals surface area (Å²) in [5.74, 6) is -0.616. The van der Waals surface area contributed by atoms with Gasteiger partial charge in [0.05, 0.1) is 4.47 Å². The maximum absolute atomic E-state index is 13.8. The van der Waals surface area contributed by atoms with Crippen LogP contribution in [0, 0.1) is 19.7 Å². The van der Waals surface area contributed by atoms with Crippen molar-refractivity contribution in [2.45, 2.75) is 13.8 Å². The van der Waals surface area contributed by atoms with Gasteiger partial charge in [-0.25, -0.2) is 4.39 Å². The van der Waals surface area contributed by atoms with Gasteiger partial charge in [-0.05, 0) is 65.7 Å². The highest BCUT2D eigenvalue weighted by Crippen LogP contribution is 2.26. The summed E-state index contributed by atoms with van der Waals surface area (Å²) in [6.45, 7) is 3.48. The fourth-order valence-corrected chi connectivity index (χ4v) is 2.76. The maximum Gasteiger partial charge on any atom is 0.255 e. The van der Waals surface area contributed by atoms with Crippen LogP contribution in [-0.2, 0) is 0 Å². The largest absolute Gasteiger partial charge is 0.322 e. The molecule has 0 fully saturated rings. The number of amides is 1. The molecule has 5 heteroatoms. The molecule has 20 heavy (non-hydrogen) atoms. The fourth-order valence-electron chi connectivity index (χ4n) is 1.86. The molecule has 2 aromatic carbocycles. The smallest absolute Gasteiger partial charge is 0.255 e. The van der Waals surface area contributed by atoms with Gasteiger partial charge in [0.2, 0.25) is 0 Å². The van der Waals surface area contributed by atoms with Crippen LogP contribution in [0.1, 0.15) is 21.5 Å². The topological polar surface area (TPSA) is 29.1 Å². The third kappa shape index (κ3) is 3.10. The quantitative estimate of drug-likeness (QED) is 0.735. The van der Waals surface area contributed by atoms with E-state index in [0.717, 1.165) is 10.0 Å². The van der Waals surface area contributed by atoms with Crippen LogP contribution < -0.4 is 5.32 Å². The summed E-state index contributed by atoms with van der Waals surface area (Å²) < 4.78 is 15.1. The zero-order valence-corrected chi connectivity index (χ0v) is 14.1. The molecule has 0 aromatic heterocycles. The minimum atomic E-state index is -0.365. The van der Waals surface area contributed by atoms with E-state index in [1.165, 1.54) is 0 Å². The lowest BCUT2D eigenvalue weighted by Gasteiger charge is -2.11. The number of aryl methyl sites for hydroxylation is 1. The van der Waals surface area contributed by atoms with Gasteiger partial charge >= 0.3 is 0 Å². The van der Waals surface area contributed by atoms with E-state index < -0.39 is 0 Å². The second-order valence-electron chi connectivity index (χ2n) is 4.45. The van der Waals surface area contributed by atoms with Crippen LogP contribution in [0.5, 0.6) is 0 Å². The predicted molar refractivity (Wildman–Crippen MR) is 85.7 cm³/mol. The van der Waals surface area contributed by atoms with Crippen molar-refractivity contribution in [3.63, 3.8) is 0 Å². The first-order chi connectivity index (χ1) is 9.40. The molecule has 0 unspecified atom stereocenters. The Morgan fingerprint density at radius 1 is 1.15 bits per heavy atom. The molecule has 1 amide bonds. The lowest BCUT2D eigenvalue weighted by molar-refractivity contribution is 0.102. The summed E-state index contributed by atoms with van der Waals surface area (Å²) in [5, 5.41) is 2.74. The summed E-state index contributed by atoms with van der Waals surface area (Å²) in [7, 11) is 0. The summed E-state index contributed by atoms with van der Waals surface area (Å²) in [6, 6.07) is 8.65. The Morgan fingerprint density at radius 2 is 1.85 bits per heavy atom.